The Kier molecular flexibility index (Phi) is 3.87. The van der Waals surface area contributed by atoms with Crippen LogP contribution < -0.4 is 15.8 Å². The predicted molar refractivity (Wildman–Crippen MR) is 70.4 cm³/mol. The van der Waals surface area contributed by atoms with Crippen LogP contribution in [-0.2, 0) is 11.2 Å². The van der Waals surface area contributed by atoms with Gasteiger partial charge in [0, 0.05) is 0 Å². The second-order valence-corrected chi connectivity index (χ2v) is 5.10. The summed E-state index contributed by atoms with van der Waals surface area (Å²) in [7, 11) is 0. The van der Waals surface area contributed by atoms with Crippen LogP contribution in [0.4, 0.5) is 0 Å². The first kappa shape index (κ1) is 12.9. The highest BCUT2D eigenvalue weighted by Gasteiger charge is 2.24. The zero-order valence-corrected chi connectivity index (χ0v) is 10.8. The highest BCUT2D eigenvalue weighted by atomic mass is 16.5. The summed E-state index contributed by atoms with van der Waals surface area (Å²) in [4.78, 5) is 11.9. The number of ether oxygens (including phenoxy) is 1. The first-order valence-electron chi connectivity index (χ1n) is 6.34. The van der Waals surface area contributed by atoms with Gasteiger partial charge in [-0.1, -0.05) is 32.0 Å². The van der Waals surface area contributed by atoms with Crippen molar-refractivity contribution >= 4 is 5.91 Å². The van der Waals surface area contributed by atoms with E-state index in [0.29, 0.717) is 6.61 Å². The van der Waals surface area contributed by atoms with E-state index in [2.05, 4.69) is 5.32 Å². The van der Waals surface area contributed by atoms with Gasteiger partial charge in [-0.2, -0.15) is 0 Å². The molecule has 0 saturated heterocycles. The Bertz CT molecular complexity index is 432. The first-order chi connectivity index (χ1) is 8.58. The monoisotopic (exact) mass is 248 g/mol. The van der Waals surface area contributed by atoms with Crippen molar-refractivity contribution in [2.45, 2.75) is 32.4 Å². The number of carbonyl (C=O) groups is 1. The van der Waals surface area contributed by atoms with Gasteiger partial charge >= 0.3 is 0 Å². The van der Waals surface area contributed by atoms with Crippen molar-refractivity contribution in [3.8, 4) is 5.75 Å². The summed E-state index contributed by atoms with van der Waals surface area (Å²) >= 11 is 0. The largest absolute Gasteiger partial charge is 0.491 e. The SMILES string of the molecule is CC(C)[C@@H](N)C(=O)NC1COc2ccccc2C1. The summed E-state index contributed by atoms with van der Waals surface area (Å²) in [6, 6.07) is 7.46. The van der Waals surface area contributed by atoms with Gasteiger partial charge < -0.3 is 15.8 Å². The molecular formula is C14H20N2O2. The lowest BCUT2D eigenvalue weighted by Gasteiger charge is -2.27. The maximum Gasteiger partial charge on any atom is 0.237 e. The minimum Gasteiger partial charge on any atom is -0.491 e. The average molecular weight is 248 g/mol. The fraction of sp³-hybridized carbons (Fsp3) is 0.500. The van der Waals surface area contributed by atoms with Gasteiger partial charge in [0.05, 0.1) is 12.1 Å². The molecule has 3 N–H and O–H groups in total. The van der Waals surface area contributed by atoms with Crippen LogP contribution >= 0.6 is 0 Å². The number of hydrogen-bond donors (Lipinski definition) is 2. The fourth-order valence-electron chi connectivity index (χ4n) is 2.02. The quantitative estimate of drug-likeness (QED) is 0.841. The molecule has 0 bridgehead atoms. The van der Waals surface area contributed by atoms with E-state index in [4.69, 9.17) is 10.5 Å². The number of para-hydroxylation sites is 1. The van der Waals surface area contributed by atoms with Crippen molar-refractivity contribution in [1.82, 2.24) is 5.32 Å². The number of nitrogens with two attached hydrogens (primary N) is 1. The molecule has 1 aliphatic rings. The minimum absolute atomic E-state index is 0.0113. The number of amides is 1. The predicted octanol–water partition coefficient (Wildman–Crippen LogP) is 1.09. The van der Waals surface area contributed by atoms with Crippen LogP contribution in [0.1, 0.15) is 19.4 Å². The Hall–Kier alpha value is -1.55. The van der Waals surface area contributed by atoms with Gasteiger partial charge in [-0.15, -0.1) is 0 Å². The van der Waals surface area contributed by atoms with Crippen molar-refractivity contribution in [1.29, 1.82) is 0 Å². The minimum atomic E-state index is -0.456. The molecule has 0 fully saturated rings. The zero-order valence-electron chi connectivity index (χ0n) is 10.8. The second kappa shape index (κ2) is 5.40. The Morgan fingerprint density at radius 1 is 1.44 bits per heavy atom. The number of benzene rings is 1. The molecule has 0 aliphatic carbocycles. The van der Waals surface area contributed by atoms with Crippen LogP contribution in [0.15, 0.2) is 24.3 Å². The van der Waals surface area contributed by atoms with Gasteiger partial charge in [0.25, 0.3) is 0 Å². The molecule has 1 aromatic carbocycles. The van der Waals surface area contributed by atoms with E-state index >= 15 is 0 Å². The molecule has 1 unspecified atom stereocenters. The van der Waals surface area contributed by atoms with Gasteiger partial charge in [-0.05, 0) is 24.0 Å². The van der Waals surface area contributed by atoms with E-state index in [-0.39, 0.29) is 17.9 Å². The average Bonchev–Trinajstić information content (AvgIpc) is 2.37. The molecule has 1 aliphatic heterocycles. The summed E-state index contributed by atoms with van der Waals surface area (Å²) in [5, 5.41) is 2.95. The lowest BCUT2D eigenvalue weighted by molar-refractivity contribution is -0.124. The van der Waals surface area contributed by atoms with Crippen molar-refractivity contribution in [3.05, 3.63) is 29.8 Å². The molecule has 2 rings (SSSR count). The van der Waals surface area contributed by atoms with E-state index in [9.17, 15) is 4.79 Å². The maximum absolute atomic E-state index is 11.9. The van der Waals surface area contributed by atoms with Crippen LogP contribution in [0.3, 0.4) is 0 Å². The summed E-state index contributed by atoms with van der Waals surface area (Å²) in [6.45, 7) is 4.39. The molecule has 0 saturated carbocycles. The number of rotatable bonds is 3. The van der Waals surface area contributed by atoms with Gasteiger partial charge in [-0.25, -0.2) is 0 Å². The first-order valence-corrected chi connectivity index (χ1v) is 6.34. The Morgan fingerprint density at radius 2 is 2.17 bits per heavy atom. The molecule has 2 atom stereocenters. The third-order valence-corrected chi connectivity index (χ3v) is 3.25. The summed E-state index contributed by atoms with van der Waals surface area (Å²) in [5.41, 5.74) is 6.95. The third kappa shape index (κ3) is 2.82. The maximum atomic E-state index is 11.9. The van der Waals surface area contributed by atoms with Gasteiger partial charge in [0.2, 0.25) is 5.91 Å². The lowest BCUT2D eigenvalue weighted by Crippen LogP contribution is -2.51. The van der Waals surface area contributed by atoms with Crippen molar-refractivity contribution in [3.63, 3.8) is 0 Å². The van der Waals surface area contributed by atoms with Crippen molar-refractivity contribution in [2.24, 2.45) is 11.7 Å². The van der Waals surface area contributed by atoms with Crippen LogP contribution in [0.5, 0.6) is 5.75 Å². The Balaban J connectivity index is 1.96. The van der Waals surface area contributed by atoms with E-state index in [1.165, 1.54) is 0 Å². The van der Waals surface area contributed by atoms with Crippen LogP contribution in [-0.4, -0.2) is 24.6 Å². The Labute approximate surface area is 108 Å². The van der Waals surface area contributed by atoms with Crippen molar-refractivity contribution < 1.29 is 9.53 Å². The third-order valence-electron chi connectivity index (χ3n) is 3.25. The van der Waals surface area contributed by atoms with E-state index < -0.39 is 6.04 Å². The van der Waals surface area contributed by atoms with E-state index in [1.54, 1.807) is 0 Å². The molecule has 1 amide bonds. The van der Waals surface area contributed by atoms with Crippen LogP contribution in [0, 0.1) is 5.92 Å². The highest BCUT2D eigenvalue weighted by Crippen LogP contribution is 2.23. The summed E-state index contributed by atoms with van der Waals surface area (Å²) < 4.78 is 5.62. The summed E-state index contributed by atoms with van der Waals surface area (Å²) in [6.07, 6.45) is 0.798. The summed E-state index contributed by atoms with van der Waals surface area (Å²) in [5.74, 6) is 0.955. The molecule has 1 aromatic rings. The van der Waals surface area contributed by atoms with Gasteiger partial charge in [0.15, 0.2) is 0 Å². The smallest absolute Gasteiger partial charge is 0.237 e. The molecule has 4 heteroatoms. The number of fused-ring (bicyclic) bond motifs is 1. The molecule has 1 heterocycles. The standard InChI is InChI=1S/C14H20N2O2/c1-9(2)13(15)14(17)16-11-7-10-5-3-4-6-12(10)18-8-11/h3-6,9,11,13H,7-8,15H2,1-2H3,(H,16,17)/t11?,13-/m1/s1. The van der Waals surface area contributed by atoms with Crippen LogP contribution in [0.2, 0.25) is 0 Å². The zero-order chi connectivity index (χ0) is 13.1. The lowest BCUT2D eigenvalue weighted by atomic mass is 10.0. The molecule has 0 aromatic heterocycles. The van der Waals surface area contributed by atoms with Crippen LogP contribution in [0.25, 0.3) is 0 Å². The second-order valence-electron chi connectivity index (χ2n) is 5.10. The number of nitrogens with one attached hydrogen (secondary N) is 1. The number of hydrogen-bond acceptors (Lipinski definition) is 3. The normalized spacial score (nSPS) is 19.9. The molecule has 18 heavy (non-hydrogen) atoms. The van der Waals surface area contributed by atoms with Crippen molar-refractivity contribution in [2.75, 3.05) is 6.61 Å². The van der Waals surface area contributed by atoms with E-state index in [1.807, 2.05) is 38.1 Å². The fourth-order valence-corrected chi connectivity index (χ4v) is 2.02. The van der Waals surface area contributed by atoms with E-state index in [0.717, 1.165) is 17.7 Å². The topological polar surface area (TPSA) is 64.4 Å². The Morgan fingerprint density at radius 3 is 2.89 bits per heavy atom. The van der Waals surface area contributed by atoms with Gasteiger partial charge in [-0.3, -0.25) is 4.79 Å². The molecule has 98 valence electrons. The molecule has 4 nitrogen and oxygen atoms in total. The highest BCUT2D eigenvalue weighted by molar-refractivity contribution is 5.82. The molecule has 0 spiro atoms. The molecular weight excluding hydrogens is 228 g/mol. The number of carbonyl (C=O) groups excluding carboxylic acids is 1. The molecule has 0 radical (unpaired) electrons. The van der Waals surface area contributed by atoms with Gasteiger partial charge in [0.1, 0.15) is 12.4 Å².